The second-order valence-electron chi connectivity index (χ2n) is 8.35. The standard InChI is InChI=1S/C25H31N5O/c1-19-8-3-4-11-23(19)21-17-27-25(28-18-21)29-22-10-7-9-20(16-22)24(31)26-12-15-30-13-5-2-6-14-30/h3-4,7,9-11,16-19H,2,5-6,8,12-15H2,1H3,(H,26,31)(H,27,28,29). The lowest BCUT2D eigenvalue weighted by atomic mass is 9.89. The number of likely N-dealkylation sites (tertiary alicyclic amines) is 1. The Bertz CT molecular complexity index is 945. The van der Waals surface area contributed by atoms with E-state index in [0.717, 1.165) is 37.3 Å². The van der Waals surface area contributed by atoms with Gasteiger partial charge in [0.2, 0.25) is 5.95 Å². The molecular formula is C25H31N5O. The van der Waals surface area contributed by atoms with Crippen LogP contribution in [0, 0.1) is 5.92 Å². The minimum Gasteiger partial charge on any atom is -0.351 e. The van der Waals surface area contributed by atoms with Gasteiger partial charge in [-0.3, -0.25) is 4.79 Å². The van der Waals surface area contributed by atoms with E-state index in [1.54, 1.807) is 0 Å². The first kappa shape index (κ1) is 21.2. The highest BCUT2D eigenvalue weighted by atomic mass is 16.1. The molecule has 1 aromatic heterocycles. The van der Waals surface area contributed by atoms with Crippen molar-refractivity contribution >= 4 is 23.1 Å². The van der Waals surface area contributed by atoms with Gasteiger partial charge in [-0.25, -0.2) is 9.97 Å². The monoisotopic (exact) mass is 417 g/mol. The number of benzene rings is 1. The van der Waals surface area contributed by atoms with Crippen molar-refractivity contribution in [2.75, 3.05) is 31.5 Å². The Morgan fingerprint density at radius 2 is 1.97 bits per heavy atom. The van der Waals surface area contributed by atoms with Crippen LogP contribution >= 0.6 is 0 Å². The number of carbonyl (C=O) groups excluding carboxylic acids is 1. The molecule has 0 bridgehead atoms. The Hall–Kier alpha value is -2.99. The first-order valence-electron chi connectivity index (χ1n) is 11.3. The van der Waals surface area contributed by atoms with Crippen LogP contribution < -0.4 is 10.6 Å². The summed E-state index contributed by atoms with van der Waals surface area (Å²) in [5.74, 6) is 0.937. The van der Waals surface area contributed by atoms with Crippen LogP contribution in [0.5, 0.6) is 0 Å². The number of rotatable bonds is 7. The third kappa shape index (κ3) is 5.79. The molecule has 162 valence electrons. The van der Waals surface area contributed by atoms with Crippen LogP contribution in [0.25, 0.3) is 5.57 Å². The highest BCUT2D eigenvalue weighted by Crippen LogP contribution is 2.28. The second-order valence-corrected chi connectivity index (χ2v) is 8.35. The summed E-state index contributed by atoms with van der Waals surface area (Å²) >= 11 is 0. The predicted octanol–water partition coefficient (Wildman–Crippen LogP) is 4.42. The molecule has 1 atom stereocenters. The van der Waals surface area contributed by atoms with Crippen molar-refractivity contribution in [1.82, 2.24) is 20.2 Å². The van der Waals surface area contributed by atoms with Gasteiger partial charge in [0, 0.05) is 42.3 Å². The van der Waals surface area contributed by atoms with Gasteiger partial charge in [0.15, 0.2) is 0 Å². The number of piperidine rings is 1. The molecule has 2 aromatic rings. The minimum atomic E-state index is -0.0526. The molecule has 1 amide bonds. The number of amides is 1. The second kappa shape index (κ2) is 10.4. The first-order chi connectivity index (χ1) is 15.2. The zero-order valence-corrected chi connectivity index (χ0v) is 18.2. The van der Waals surface area contributed by atoms with Crippen LogP contribution in [-0.4, -0.2) is 47.0 Å². The molecular weight excluding hydrogens is 386 g/mol. The van der Waals surface area contributed by atoms with Crippen molar-refractivity contribution in [3.63, 3.8) is 0 Å². The number of aromatic nitrogens is 2. The lowest BCUT2D eigenvalue weighted by Gasteiger charge is -2.26. The van der Waals surface area contributed by atoms with Crippen molar-refractivity contribution in [2.45, 2.75) is 32.6 Å². The van der Waals surface area contributed by atoms with Gasteiger partial charge in [0.05, 0.1) is 0 Å². The van der Waals surface area contributed by atoms with Crippen molar-refractivity contribution in [2.24, 2.45) is 5.92 Å². The van der Waals surface area contributed by atoms with E-state index < -0.39 is 0 Å². The summed E-state index contributed by atoms with van der Waals surface area (Å²) in [7, 11) is 0. The van der Waals surface area contributed by atoms with Crippen LogP contribution in [0.1, 0.15) is 48.5 Å². The molecule has 0 saturated carbocycles. The summed E-state index contributed by atoms with van der Waals surface area (Å²) in [5, 5.41) is 6.24. The molecule has 6 nitrogen and oxygen atoms in total. The van der Waals surface area contributed by atoms with E-state index in [2.05, 4.69) is 50.7 Å². The molecule has 1 aliphatic carbocycles. The summed E-state index contributed by atoms with van der Waals surface area (Å²) in [6, 6.07) is 7.45. The van der Waals surface area contributed by atoms with Gasteiger partial charge in [-0.15, -0.1) is 0 Å². The smallest absolute Gasteiger partial charge is 0.251 e. The van der Waals surface area contributed by atoms with Crippen LogP contribution in [0.2, 0.25) is 0 Å². The molecule has 1 fully saturated rings. The Morgan fingerprint density at radius 1 is 1.16 bits per heavy atom. The van der Waals surface area contributed by atoms with Gasteiger partial charge in [-0.2, -0.15) is 0 Å². The van der Waals surface area contributed by atoms with Crippen LogP contribution in [-0.2, 0) is 0 Å². The first-order valence-corrected chi connectivity index (χ1v) is 11.3. The number of anilines is 2. The number of hydrogen-bond donors (Lipinski definition) is 2. The van der Waals surface area contributed by atoms with E-state index >= 15 is 0 Å². The molecule has 1 aliphatic heterocycles. The Morgan fingerprint density at radius 3 is 2.74 bits per heavy atom. The molecule has 2 aliphatic rings. The molecule has 6 heteroatoms. The topological polar surface area (TPSA) is 70.2 Å². The fourth-order valence-corrected chi connectivity index (χ4v) is 4.15. The normalized spacial score (nSPS) is 19.0. The van der Waals surface area contributed by atoms with Crippen LogP contribution in [0.3, 0.4) is 0 Å². The number of allylic oxidation sites excluding steroid dienone is 4. The Balaban J connectivity index is 1.33. The van der Waals surface area contributed by atoms with Gasteiger partial charge in [-0.1, -0.05) is 37.6 Å². The largest absolute Gasteiger partial charge is 0.351 e. The summed E-state index contributed by atoms with van der Waals surface area (Å²) in [4.78, 5) is 23.9. The Kier molecular flexibility index (Phi) is 7.10. The lowest BCUT2D eigenvalue weighted by Crippen LogP contribution is -2.37. The SMILES string of the molecule is CC1CC=CC=C1c1cnc(Nc2cccc(C(=O)NCCN3CCCCC3)c2)nc1. The Labute approximate surface area is 184 Å². The maximum absolute atomic E-state index is 12.5. The maximum Gasteiger partial charge on any atom is 0.251 e. The number of hydrogen-bond acceptors (Lipinski definition) is 5. The number of carbonyl (C=O) groups is 1. The summed E-state index contributed by atoms with van der Waals surface area (Å²) in [5.41, 5.74) is 3.74. The molecule has 1 aromatic carbocycles. The average Bonchev–Trinajstić information content (AvgIpc) is 2.81. The average molecular weight is 418 g/mol. The van der Waals surface area contributed by atoms with Gasteiger partial charge in [0.25, 0.3) is 5.91 Å². The molecule has 4 rings (SSSR count). The zero-order chi connectivity index (χ0) is 21.5. The molecule has 1 unspecified atom stereocenters. The fourth-order valence-electron chi connectivity index (χ4n) is 4.15. The van der Waals surface area contributed by atoms with Crippen molar-refractivity contribution in [1.29, 1.82) is 0 Å². The number of nitrogens with one attached hydrogen (secondary N) is 2. The van der Waals surface area contributed by atoms with Gasteiger partial charge in [-0.05, 0) is 62.0 Å². The van der Waals surface area contributed by atoms with E-state index in [1.807, 2.05) is 36.7 Å². The van der Waals surface area contributed by atoms with Gasteiger partial charge < -0.3 is 15.5 Å². The molecule has 31 heavy (non-hydrogen) atoms. The minimum absolute atomic E-state index is 0.0526. The van der Waals surface area contributed by atoms with Crippen molar-refractivity contribution in [3.8, 4) is 0 Å². The molecule has 2 heterocycles. The fraction of sp³-hybridized carbons (Fsp3) is 0.400. The van der Waals surface area contributed by atoms with Crippen molar-refractivity contribution < 1.29 is 4.79 Å². The van der Waals surface area contributed by atoms with Crippen molar-refractivity contribution in [3.05, 3.63) is 66.0 Å². The summed E-state index contributed by atoms with van der Waals surface area (Å²) < 4.78 is 0. The zero-order valence-electron chi connectivity index (χ0n) is 18.2. The maximum atomic E-state index is 12.5. The molecule has 0 spiro atoms. The lowest BCUT2D eigenvalue weighted by molar-refractivity contribution is 0.0946. The summed E-state index contributed by atoms with van der Waals surface area (Å²) in [6.07, 6.45) is 15.0. The van der Waals surface area contributed by atoms with E-state index in [1.165, 1.54) is 24.8 Å². The number of nitrogens with zero attached hydrogens (tertiary/aromatic N) is 3. The van der Waals surface area contributed by atoms with Gasteiger partial charge in [0.1, 0.15) is 0 Å². The molecule has 1 saturated heterocycles. The third-order valence-corrected chi connectivity index (χ3v) is 5.96. The molecule has 2 N–H and O–H groups in total. The van der Waals surface area contributed by atoms with E-state index in [-0.39, 0.29) is 5.91 Å². The third-order valence-electron chi connectivity index (χ3n) is 5.96. The quantitative estimate of drug-likeness (QED) is 0.698. The summed E-state index contributed by atoms with van der Waals surface area (Å²) in [6.45, 7) is 6.08. The highest BCUT2D eigenvalue weighted by Gasteiger charge is 2.14. The highest BCUT2D eigenvalue weighted by molar-refractivity contribution is 5.95. The van der Waals surface area contributed by atoms with Crippen LogP contribution in [0.15, 0.2) is 54.9 Å². The van der Waals surface area contributed by atoms with E-state index in [0.29, 0.717) is 24.0 Å². The van der Waals surface area contributed by atoms with E-state index in [9.17, 15) is 4.79 Å². The van der Waals surface area contributed by atoms with E-state index in [4.69, 9.17) is 0 Å². The predicted molar refractivity (Wildman–Crippen MR) is 125 cm³/mol. The van der Waals surface area contributed by atoms with Crippen LogP contribution in [0.4, 0.5) is 11.6 Å². The molecule has 0 radical (unpaired) electrons. The van der Waals surface area contributed by atoms with Gasteiger partial charge >= 0.3 is 0 Å².